The zero-order valence-corrected chi connectivity index (χ0v) is 15.0. The second-order valence-corrected chi connectivity index (χ2v) is 7.46. The van der Waals surface area contributed by atoms with Gasteiger partial charge in [-0.1, -0.05) is 25.0 Å². The maximum Gasteiger partial charge on any atom is 0.261 e. The van der Waals surface area contributed by atoms with Crippen molar-refractivity contribution in [2.75, 3.05) is 39.3 Å². The smallest absolute Gasteiger partial charge is 0.261 e. The summed E-state index contributed by atoms with van der Waals surface area (Å²) >= 11 is 0. The van der Waals surface area contributed by atoms with Gasteiger partial charge in [-0.15, -0.1) is 0 Å². The van der Waals surface area contributed by atoms with Gasteiger partial charge in [0, 0.05) is 45.2 Å². The summed E-state index contributed by atoms with van der Waals surface area (Å²) in [7, 11) is 0. The number of carbonyl (C=O) groups is 3. The average molecular weight is 355 g/mol. The molecule has 6 nitrogen and oxygen atoms in total. The van der Waals surface area contributed by atoms with Crippen molar-refractivity contribution in [2.24, 2.45) is 5.92 Å². The standard InChI is InChI=1S/C20H25N3O3/c24-18(15-5-1-2-6-15)22-12-9-21(10-13-22)11-14-23-19(25)16-7-3-4-8-17(16)20(23)26/h3-4,7-8,15H,1-2,5-6,9-14H2. The summed E-state index contributed by atoms with van der Waals surface area (Å²) < 4.78 is 0. The largest absolute Gasteiger partial charge is 0.340 e. The van der Waals surface area contributed by atoms with Crippen LogP contribution in [0.25, 0.3) is 0 Å². The summed E-state index contributed by atoms with van der Waals surface area (Å²) in [6, 6.07) is 6.99. The van der Waals surface area contributed by atoms with E-state index in [1.54, 1.807) is 24.3 Å². The molecule has 0 bridgehead atoms. The van der Waals surface area contributed by atoms with Gasteiger partial charge in [0.25, 0.3) is 11.8 Å². The highest BCUT2D eigenvalue weighted by atomic mass is 16.2. The molecule has 2 fully saturated rings. The predicted molar refractivity (Wildman–Crippen MR) is 96.8 cm³/mol. The topological polar surface area (TPSA) is 60.9 Å². The first-order chi connectivity index (χ1) is 12.6. The molecule has 138 valence electrons. The van der Waals surface area contributed by atoms with Crippen molar-refractivity contribution in [3.8, 4) is 0 Å². The number of carbonyl (C=O) groups excluding carboxylic acids is 3. The third kappa shape index (κ3) is 3.14. The van der Waals surface area contributed by atoms with Crippen LogP contribution in [0, 0.1) is 5.92 Å². The fraction of sp³-hybridized carbons (Fsp3) is 0.550. The van der Waals surface area contributed by atoms with Crippen molar-refractivity contribution in [1.82, 2.24) is 14.7 Å². The van der Waals surface area contributed by atoms with Crippen LogP contribution in [0.4, 0.5) is 0 Å². The zero-order chi connectivity index (χ0) is 18.1. The van der Waals surface area contributed by atoms with Crippen LogP contribution < -0.4 is 0 Å². The minimum absolute atomic E-state index is 0.194. The average Bonchev–Trinajstić information content (AvgIpc) is 3.29. The molecule has 1 saturated heterocycles. The van der Waals surface area contributed by atoms with E-state index in [1.165, 1.54) is 17.7 Å². The second-order valence-electron chi connectivity index (χ2n) is 7.46. The van der Waals surface area contributed by atoms with Crippen LogP contribution in [-0.4, -0.2) is 71.7 Å². The predicted octanol–water partition coefficient (Wildman–Crippen LogP) is 1.62. The van der Waals surface area contributed by atoms with Gasteiger partial charge in [0.05, 0.1) is 11.1 Å². The molecule has 0 spiro atoms. The Labute approximate surface area is 153 Å². The number of hydrogen-bond acceptors (Lipinski definition) is 4. The molecule has 3 aliphatic rings. The molecule has 1 aromatic rings. The lowest BCUT2D eigenvalue weighted by Gasteiger charge is -2.36. The van der Waals surface area contributed by atoms with Gasteiger partial charge in [-0.2, -0.15) is 0 Å². The molecule has 2 heterocycles. The number of hydrogen-bond donors (Lipinski definition) is 0. The van der Waals surface area contributed by atoms with Crippen molar-refractivity contribution < 1.29 is 14.4 Å². The maximum atomic E-state index is 12.5. The molecule has 26 heavy (non-hydrogen) atoms. The van der Waals surface area contributed by atoms with Crippen LogP contribution in [-0.2, 0) is 4.79 Å². The van der Waals surface area contributed by atoms with Crippen molar-refractivity contribution >= 4 is 17.7 Å². The lowest BCUT2D eigenvalue weighted by atomic mass is 10.1. The van der Waals surface area contributed by atoms with Gasteiger partial charge in [-0.05, 0) is 25.0 Å². The van der Waals surface area contributed by atoms with Gasteiger partial charge < -0.3 is 4.90 Å². The SMILES string of the molecule is O=C(C1CCCC1)N1CCN(CCN2C(=O)c3ccccc3C2=O)CC1. The molecule has 0 radical (unpaired) electrons. The summed E-state index contributed by atoms with van der Waals surface area (Å²) in [5.74, 6) is 0.170. The van der Waals surface area contributed by atoms with E-state index >= 15 is 0 Å². The number of benzene rings is 1. The van der Waals surface area contributed by atoms with E-state index in [-0.39, 0.29) is 17.7 Å². The minimum atomic E-state index is -0.194. The maximum absolute atomic E-state index is 12.5. The molecule has 2 aliphatic heterocycles. The van der Waals surface area contributed by atoms with E-state index in [9.17, 15) is 14.4 Å². The summed E-state index contributed by atoms with van der Waals surface area (Å²) in [6.07, 6.45) is 4.44. The van der Waals surface area contributed by atoms with Gasteiger partial charge in [0.2, 0.25) is 5.91 Å². The van der Waals surface area contributed by atoms with Crippen molar-refractivity contribution in [3.63, 3.8) is 0 Å². The lowest BCUT2D eigenvalue weighted by molar-refractivity contribution is -0.137. The molecule has 4 rings (SSSR count). The molecular weight excluding hydrogens is 330 g/mol. The van der Waals surface area contributed by atoms with Crippen molar-refractivity contribution in [2.45, 2.75) is 25.7 Å². The van der Waals surface area contributed by atoms with Gasteiger partial charge in [0.15, 0.2) is 0 Å². The van der Waals surface area contributed by atoms with Crippen molar-refractivity contribution in [1.29, 1.82) is 0 Å². The van der Waals surface area contributed by atoms with E-state index in [0.29, 0.717) is 30.1 Å². The van der Waals surface area contributed by atoms with Crippen LogP contribution in [0.1, 0.15) is 46.4 Å². The van der Waals surface area contributed by atoms with Crippen LogP contribution >= 0.6 is 0 Å². The number of imide groups is 1. The van der Waals surface area contributed by atoms with Crippen LogP contribution in [0.15, 0.2) is 24.3 Å². The molecular formula is C20H25N3O3. The lowest BCUT2D eigenvalue weighted by Crippen LogP contribution is -2.51. The highest BCUT2D eigenvalue weighted by Crippen LogP contribution is 2.27. The Morgan fingerprint density at radius 2 is 1.46 bits per heavy atom. The third-order valence-corrected chi connectivity index (χ3v) is 5.91. The molecule has 3 amide bonds. The Balaban J connectivity index is 1.27. The van der Waals surface area contributed by atoms with Gasteiger partial charge in [-0.3, -0.25) is 24.2 Å². The van der Waals surface area contributed by atoms with Crippen molar-refractivity contribution in [3.05, 3.63) is 35.4 Å². The Hall–Kier alpha value is -2.21. The second kappa shape index (κ2) is 7.19. The first-order valence-electron chi connectivity index (χ1n) is 9.61. The number of rotatable bonds is 4. The van der Waals surface area contributed by atoms with Gasteiger partial charge >= 0.3 is 0 Å². The third-order valence-electron chi connectivity index (χ3n) is 5.91. The molecule has 0 unspecified atom stereocenters. The molecule has 6 heteroatoms. The summed E-state index contributed by atoms with van der Waals surface area (Å²) in [6.45, 7) is 4.18. The normalized spacial score (nSPS) is 21.5. The fourth-order valence-corrected chi connectivity index (χ4v) is 4.31. The Bertz CT molecular complexity index is 684. The molecule has 0 N–H and O–H groups in total. The summed E-state index contributed by atoms with van der Waals surface area (Å²) in [5.41, 5.74) is 1.01. The molecule has 1 saturated carbocycles. The van der Waals surface area contributed by atoms with Crippen LogP contribution in [0.5, 0.6) is 0 Å². The number of fused-ring (bicyclic) bond motifs is 1. The first kappa shape index (κ1) is 17.2. The van der Waals surface area contributed by atoms with Gasteiger partial charge in [-0.25, -0.2) is 0 Å². The number of amides is 3. The van der Waals surface area contributed by atoms with E-state index < -0.39 is 0 Å². The Morgan fingerprint density at radius 1 is 0.885 bits per heavy atom. The summed E-state index contributed by atoms with van der Waals surface area (Å²) in [5, 5.41) is 0. The Morgan fingerprint density at radius 3 is 2.04 bits per heavy atom. The number of nitrogens with zero attached hydrogens (tertiary/aromatic N) is 3. The fourth-order valence-electron chi connectivity index (χ4n) is 4.31. The monoisotopic (exact) mass is 355 g/mol. The molecule has 0 atom stereocenters. The minimum Gasteiger partial charge on any atom is -0.340 e. The highest BCUT2D eigenvalue weighted by Gasteiger charge is 2.35. The first-order valence-corrected chi connectivity index (χ1v) is 9.61. The van der Waals surface area contributed by atoms with Crippen LogP contribution in [0.2, 0.25) is 0 Å². The Kier molecular flexibility index (Phi) is 4.76. The van der Waals surface area contributed by atoms with E-state index in [2.05, 4.69) is 4.90 Å². The van der Waals surface area contributed by atoms with E-state index in [4.69, 9.17) is 0 Å². The molecule has 1 aromatic carbocycles. The zero-order valence-electron chi connectivity index (χ0n) is 15.0. The van der Waals surface area contributed by atoms with E-state index in [1.807, 2.05) is 4.90 Å². The summed E-state index contributed by atoms with van der Waals surface area (Å²) in [4.78, 5) is 42.9. The van der Waals surface area contributed by atoms with E-state index in [0.717, 1.165) is 39.0 Å². The molecule has 0 aromatic heterocycles. The quantitative estimate of drug-likeness (QED) is 0.770. The molecule has 1 aliphatic carbocycles. The van der Waals surface area contributed by atoms with Gasteiger partial charge in [0.1, 0.15) is 0 Å². The highest BCUT2D eigenvalue weighted by molar-refractivity contribution is 6.21. The van der Waals surface area contributed by atoms with Crippen LogP contribution in [0.3, 0.4) is 0 Å². The number of piperazine rings is 1.